The van der Waals surface area contributed by atoms with E-state index in [1.165, 1.54) is 11.3 Å². The SMILES string of the molecule is CCCN(CCc1ccccn1)C(=O)c1sccc1OC. The van der Waals surface area contributed by atoms with Gasteiger partial charge in [-0.15, -0.1) is 11.3 Å². The van der Waals surface area contributed by atoms with Gasteiger partial charge in [0.2, 0.25) is 0 Å². The average molecular weight is 304 g/mol. The Morgan fingerprint density at radius 1 is 1.33 bits per heavy atom. The number of nitrogens with zero attached hydrogens (tertiary/aromatic N) is 2. The molecule has 2 aromatic heterocycles. The van der Waals surface area contributed by atoms with Crippen LogP contribution < -0.4 is 4.74 Å². The van der Waals surface area contributed by atoms with Crippen molar-refractivity contribution < 1.29 is 9.53 Å². The number of aromatic nitrogens is 1. The van der Waals surface area contributed by atoms with Crippen LogP contribution in [-0.4, -0.2) is 36.0 Å². The topological polar surface area (TPSA) is 42.4 Å². The highest BCUT2D eigenvalue weighted by Gasteiger charge is 2.20. The van der Waals surface area contributed by atoms with Gasteiger partial charge in [-0.1, -0.05) is 13.0 Å². The predicted molar refractivity (Wildman–Crippen MR) is 85.0 cm³/mol. The molecule has 0 saturated heterocycles. The Labute approximate surface area is 129 Å². The van der Waals surface area contributed by atoms with Gasteiger partial charge in [-0.05, 0) is 30.0 Å². The van der Waals surface area contributed by atoms with E-state index < -0.39 is 0 Å². The highest BCUT2D eigenvalue weighted by atomic mass is 32.1. The van der Waals surface area contributed by atoms with Gasteiger partial charge >= 0.3 is 0 Å². The summed E-state index contributed by atoms with van der Waals surface area (Å²) in [5.74, 6) is 0.698. The Balaban J connectivity index is 2.06. The number of carbonyl (C=O) groups excluding carboxylic acids is 1. The largest absolute Gasteiger partial charge is 0.495 e. The molecule has 0 unspecified atom stereocenters. The van der Waals surface area contributed by atoms with Crippen molar-refractivity contribution in [2.45, 2.75) is 19.8 Å². The number of hydrogen-bond donors (Lipinski definition) is 0. The fourth-order valence-corrected chi connectivity index (χ4v) is 2.96. The van der Waals surface area contributed by atoms with Crippen LogP contribution >= 0.6 is 11.3 Å². The van der Waals surface area contributed by atoms with E-state index >= 15 is 0 Å². The van der Waals surface area contributed by atoms with Gasteiger partial charge in [0, 0.05) is 31.4 Å². The smallest absolute Gasteiger partial charge is 0.267 e. The molecule has 0 N–H and O–H groups in total. The molecule has 2 aromatic rings. The van der Waals surface area contributed by atoms with Crippen LogP contribution in [0.25, 0.3) is 0 Å². The van der Waals surface area contributed by atoms with E-state index in [9.17, 15) is 4.79 Å². The van der Waals surface area contributed by atoms with Crippen LogP contribution in [0, 0.1) is 0 Å². The second kappa shape index (κ2) is 7.78. The number of methoxy groups -OCH3 is 1. The first-order chi connectivity index (χ1) is 10.3. The molecule has 0 spiro atoms. The third kappa shape index (κ3) is 4.04. The van der Waals surface area contributed by atoms with E-state index in [1.54, 1.807) is 13.3 Å². The highest BCUT2D eigenvalue weighted by Crippen LogP contribution is 2.26. The Morgan fingerprint density at radius 3 is 2.86 bits per heavy atom. The first-order valence-electron chi connectivity index (χ1n) is 7.07. The lowest BCUT2D eigenvalue weighted by molar-refractivity contribution is 0.0759. The number of ether oxygens (including phenoxy) is 1. The Morgan fingerprint density at radius 2 is 2.19 bits per heavy atom. The zero-order valence-corrected chi connectivity index (χ0v) is 13.2. The normalized spacial score (nSPS) is 10.4. The maximum absolute atomic E-state index is 12.6. The molecule has 0 aromatic carbocycles. The van der Waals surface area contributed by atoms with E-state index in [-0.39, 0.29) is 5.91 Å². The molecular formula is C16H20N2O2S. The van der Waals surface area contributed by atoms with E-state index in [4.69, 9.17) is 4.74 Å². The zero-order chi connectivity index (χ0) is 15.1. The van der Waals surface area contributed by atoms with Crippen LogP contribution in [-0.2, 0) is 6.42 Å². The fourth-order valence-electron chi connectivity index (χ4n) is 2.14. The van der Waals surface area contributed by atoms with E-state index in [0.29, 0.717) is 17.2 Å². The van der Waals surface area contributed by atoms with Gasteiger partial charge in [-0.3, -0.25) is 9.78 Å². The van der Waals surface area contributed by atoms with Crippen molar-refractivity contribution in [3.05, 3.63) is 46.4 Å². The van der Waals surface area contributed by atoms with Crippen LogP contribution in [0.3, 0.4) is 0 Å². The Bertz CT molecular complexity index is 569. The summed E-state index contributed by atoms with van der Waals surface area (Å²) in [6, 6.07) is 7.69. The van der Waals surface area contributed by atoms with Crippen molar-refractivity contribution in [2.75, 3.05) is 20.2 Å². The van der Waals surface area contributed by atoms with Crippen molar-refractivity contribution in [1.29, 1.82) is 0 Å². The highest BCUT2D eigenvalue weighted by molar-refractivity contribution is 7.12. The summed E-state index contributed by atoms with van der Waals surface area (Å²) in [5, 5.41) is 1.88. The molecule has 4 nitrogen and oxygen atoms in total. The maximum Gasteiger partial charge on any atom is 0.267 e. The lowest BCUT2D eigenvalue weighted by Gasteiger charge is -2.21. The van der Waals surface area contributed by atoms with Crippen LogP contribution in [0.5, 0.6) is 5.75 Å². The monoisotopic (exact) mass is 304 g/mol. The molecule has 2 heterocycles. The molecule has 1 amide bonds. The summed E-state index contributed by atoms with van der Waals surface area (Å²) in [6.45, 7) is 3.49. The molecule has 112 valence electrons. The van der Waals surface area contributed by atoms with Crippen molar-refractivity contribution in [3.8, 4) is 5.75 Å². The van der Waals surface area contributed by atoms with Gasteiger partial charge in [0.25, 0.3) is 5.91 Å². The van der Waals surface area contributed by atoms with Gasteiger partial charge in [-0.2, -0.15) is 0 Å². The van der Waals surface area contributed by atoms with Gasteiger partial charge in [0.15, 0.2) is 0 Å². The number of thiophene rings is 1. The zero-order valence-electron chi connectivity index (χ0n) is 12.4. The number of rotatable bonds is 7. The molecule has 21 heavy (non-hydrogen) atoms. The first kappa shape index (κ1) is 15.5. The number of hydrogen-bond acceptors (Lipinski definition) is 4. The van der Waals surface area contributed by atoms with Gasteiger partial charge in [0.1, 0.15) is 10.6 Å². The van der Waals surface area contributed by atoms with Crippen molar-refractivity contribution >= 4 is 17.2 Å². The molecule has 0 bridgehead atoms. The quantitative estimate of drug-likeness (QED) is 0.788. The standard InChI is InChI=1S/C16H20N2O2S/c1-3-10-18(11-7-13-6-4-5-9-17-13)16(19)15-14(20-2)8-12-21-15/h4-6,8-9,12H,3,7,10-11H2,1-2H3. The fraction of sp³-hybridized carbons (Fsp3) is 0.375. The minimum atomic E-state index is 0.0413. The molecule has 0 fully saturated rings. The molecule has 0 radical (unpaired) electrons. The molecule has 0 saturated carbocycles. The maximum atomic E-state index is 12.6. The number of pyridine rings is 1. The van der Waals surface area contributed by atoms with Crippen molar-refractivity contribution in [3.63, 3.8) is 0 Å². The second-order valence-corrected chi connectivity index (χ2v) is 5.60. The average Bonchev–Trinajstić information content (AvgIpc) is 3.00. The number of carbonyl (C=O) groups is 1. The predicted octanol–water partition coefficient (Wildman–Crippen LogP) is 3.25. The number of amides is 1. The summed E-state index contributed by atoms with van der Waals surface area (Å²) in [5.41, 5.74) is 1.00. The van der Waals surface area contributed by atoms with Gasteiger partial charge < -0.3 is 9.64 Å². The molecule has 5 heteroatoms. The minimum Gasteiger partial charge on any atom is -0.495 e. The van der Waals surface area contributed by atoms with Crippen LogP contribution in [0.15, 0.2) is 35.8 Å². The van der Waals surface area contributed by atoms with Crippen LogP contribution in [0.1, 0.15) is 28.7 Å². The van der Waals surface area contributed by atoms with Gasteiger partial charge in [-0.25, -0.2) is 0 Å². The first-order valence-corrected chi connectivity index (χ1v) is 7.95. The van der Waals surface area contributed by atoms with Gasteiger partial charge in [0.05, 0.1) is 7.11 Å². The molecule has 0 atom stereocenters. The summed E-state index contributed by atoms with van der Waals surface area (Å²) < 4.78 is 5.25. The third-order valence-corrected chi connectivity index (χ3v) is 4.07. The molecular weight excluding hydrogens is 284 g/mol. The van der Waals surface area contributed by atoms with E-state index in [1.807, 2.05) is 34.5 Å². The molecule has 0 aliphatic carbocycles. The molecule has 0 aliphatic rings. The Kier molecular flexibility index (Phi) is 5.75. The second-order valence-electron chi connectivity index (χ2n) is 4.68. The van der Waals surface area contributed by atoms with Crippen LogP contribution in [0.2, 0.25) is 0 Å². The lowest BCUT2D eigenvalue weighted by Crippen LogP contribution is -2.33. The molecule has 2 rings (SSSR count). The summed E-state index contributed by atoms with van der Waals surface area (Å²) in [7, 11) is 1.59. The summed E-state index contributed by atoms with van der Waals surface area (Å²) in [6.07, 6.45) is 3.48. The van der Waals surface area contributed by atoms with E-state index in [2.05, 4.69) is 11.9 Å². The molecule has 0 aliphatic heterocycles. The summed E-state index contributed by atoms with van der Waals surface area (Å²) >= 11 is 1.43. The van der Waals surface area contributed by atoms with Crippen molar-refractivity contribution in [1.82, 2.24) is 9.88 Å². The van der Waals surface area contributed by atoms with Crippen molar-refractivity contribution in [2.24, 2.45) is 0 Å². The Hall–Kier alpha value is -1.88. The lowest BCUT2D eigenvalue weighted by atomic mass is 10.2. The van der Waals surface area contributed by atoms with Crippen LogP contribution in [0.4, 0.5) is 0 Å². The summed E-state index contributed by atoms with van der Waals surface area (Å²) in [4.78, 5) is 19.5. The minimum absolute atomic E-state index is 0.0413. The van der Waals surface area contributed by atoms with E-state index in [0.717, 1.165) is 25.1 Å². The third-order valence-electron chi connectivity index (χ3n) is 3.19.